The quantitative estimate of drug-likeness (QED) is 0.264. The minimum atomic E-state index is -1.06. The van der Waals surface area contributed by atoms with Crippen LogP contribution in [0.4, 0.5) is 11.4 Å². The predicted octanol–water partition coefficient (Wildman–Crippen LogP) is 4.37. The van der Waals surface area contributed by atoms with Crippen molar-refractivity contribution in [1.82, 2.24) is 15.2 Å². The van der Waals surface area contributed by atoms with Gasteiger partial charge in [0.1, 0.15) is 0 Å². The maximum absolute atomic E-state index is 13.3. The van der Waals surface area contributed by atoms with Gasteiger partial charge in [0.2, 0.25) is 0 Å². The number of piperazine rings is 1. The Morgan fingerprint density at radius 2 is 1.63 bits per heavy atom. The van der Waals surface area contributed by atoms with Crippen LogP contribution in [0.1, 0.15) is 47.7 Å². The average molecular weight is 590 g/mol. The lowest BCUT2D eigenvalue weighted by molar-refractivity contribution is -0.137. The van der Waals surface area contributed by atoms with E-state index >= 15 is 0 Å². The van der Waals surface area contributed by atoms with Crippen molar-refractivity contribution in [2.75, 3.05) is 36.4 Å². The van der Waals surface area contributed by atoms with Crippen molar-refractivity contribution >= 4 is 57.7 Å². The molecule has 12 heteroatoms. The molecule has 3 aromatic heterocycles. The molecule has 10 nitrogen and oxygen atoms in total. The molecular formula is C29H27N5O5S2. The predicted molar refractivity (Wildman–Crippen MR) is 158 cm³/mol. The van der Waals surface area contributed by atoms with Crippen molar-refractivity contribution in [2.24, 2.45) is 0 Å². The molecule has 0 bridgehead atoms. The summed E-state index contributed by atoms with van der Waals surface area (Å²) in [6.07, 6.45) is 2.78. The number of aromatic nitrogens is 1. The van der Waals surface area contributed by atoms with E-state index in [0.29, 0.717) is 47.2 Å². The summed E-state index contributed by atoms with van der Waals surface area (Å²) in [5.41, 5.74) is 2.01. The van der Waals surface area contributed by atoms with Crippen LogP contribution in [0.2, 0.25) is 0 Å². The summed E-state index contributed by atoms with van der Waals surface area (Å²) in [6.45, 7) is 2.12. The molecule has 1 unspecified atom stereocenters. The highest BCUT2D eigenvalue weighted by molar-refractivity contribution is 7.12. The van der Waals surface area contributed by atoms with Gasteiger partial charge in [0.25, 0.3) is 17.7 Å². The molecule has 1 atom stereocenters. The van der Waals surface area contributed by atoms with Crippen LogP contribution in [0, 0.1) is 0 Å². The second-order valence-electron chi connectivity index (χ2n) is 9.33. The second kappa shape index (κ2) is 12.7. The molecule has 4 aromatic rings. The molecule has 3 amide bonds. The molecule has 1 aliphatic heterocycles. The van der Waals surface area contributed by atoms with Crippen LogP contribution in [-0.2, 0) is 4.79 Å². The van der Waals surface area contributed by atoms with Crippen LogP contribution in [0.3, 0.4) is 0 Å². The number of pyridine rings is 1. The number of thiophene rings is 2. The monoisotopic (exact) mass is 589 g/mol. The van der Waals surface area contributed by atoms with Gasteiger partial charge in [-0.25, -0.2) is 0 Å². The standard InChI is InChI=1S/C29H27N5O5S2/c35-26(36)17-21(20-4-1-9-30-18-20)31-27(37)19-7-8-23(22(16-19)32-28(38)24-5-2-14-40-24)33-10-12-34(13-11-33)29(39)25-6-3-15-41-25/h1-9,14-16,18,21H,10-13,17H2,(H,31,37)(H,32,38)(H,35,36). The number of anilines is 2. The van der Waals surface area contributed by atoms with Crippen molar-refractivity contribution in [3.63, 3.8) is 0 Å². The second-order valence-corrected chi connectivity index (χ2v) is 11.2. The van der Waals surface area contributed by atoms with Crippen molar-refractivity contribution in [3.8, 4) is 0 Å². The zero-order valence-corrected chi connectivity index (χ0v) is 23.5. The van der Waals surface area contributed by atoms with Gasteiger partial charge in [0, 0.05) is 44.1 Å². The van der Waals surface area contributed by atoms with E-state index in [-0.39, 0.29) is 23.8 Å². The molecule has 3 N–H and O–H groups in total. The SMILES string of the molecule is O=C(O)CC(NC(=O)c1ccc(N2CCN(C(=O)c3cccs3)CC2)c(NC(=O)c2cccs2)c1)c1cccnc1. The zero-order valence-electron chi connectivity index (χ0n) is 21.9. The maximum atomic E-state index is 13.3. The van der Waals surface area contributed by atoms with E-state index in [1.165, 1.54) is 28.9 Å². The lowest BCUT2D eigenvalue weighted by Crippen LogP contribution is -2.48. The largest absolute Gasteiger partial charge is 0.481 e. The maximum Gasteiger partial charge on any atom is 0.305 e. The van der Waals surface area contributed by atoms with E-state index in [0.717, 1.165) is 5.69 Å². The van der Waals surface area contributed by atoms with Crippen molar-refractivity contribution in [2.45, 2.75) is 12.5 Å². The number of amides is 3. The molecule has 0 aliphatic carbocycles. The van der Waals surface area contributed by atoms with Crippen LogP contribution < -0.4 is 15.5 Å². The molecule has 5 rings (SSSR count). The summed E-state index contributed by atoms with van der Waals surface area (Å²) in [6, 6.07) is 14.8. The smallest absolute Gasteiger partial charge is 0.305 e. The highest BCUT2D eigenvalue weighted by atomic mass is 32.1. The summed E-state index contributed by atoms with van der Waals surface area (Å²) in [5.74, 6) is -1.84. The van der Waals surface area contributed by atoms with E-state index in [4.69, 9.17) is 0 Å². The molecule has 1 saturated heterocycles. The first-order chi connectivity index (χ1) is 19.9. The number of carbonyl (C=O) groups excluding carboxylic acids is 3. The average Bonchev–Trinajstić information content (AvgIpc) is 3.72. The number of hydrogen-bond acceptors (Lipinski definition) is 8. The van der Waals surface area contributed by atoms with Gasteiger partial charge in [-0.2, -0.15) is 0 Å². The lowest BCUT2D eigenvalue weighted by Gasteiger charge is -2.37. The van der Waals surface area contributed by atoms with E-state index in [1.54, 1.807) is 48.7 Å². The third kappa shape index (κ3) is 6.79. The minimum absolute atomic E-state index is 0.00224. The van der Waals surface area contributed by atoms with Gasteiger partial charge >= 0.3 is 5.97 Å². The van der Waals surface area contributed by atoms with Crippen molar-refractivity contribution in [1.29, 1.82) is 0 Å². The fraction of sp³-hybridized carbons (Fsp3) is 0.207. The number of carboxylic acid groups (broad SMARTS) is 1. The summed E-state index contributed by atoms with van der Waals surface area (Å²) in [4.78, 5) is 59.8. The van der Waals surface area contributed by atoms with E-state index in [9.17, 15) is 24.3 Å². The number of aliphatic carboxylic acids is 1. The fourth-order valence-corrected chi connectivity index (χ4v) is 5.91. The first-order valence-electron chi connectivity index (χ1n) is 12.9. The van der Waals surface area contributed by atoms with Gasteiger partial charge in [-0.15, -0.1) is 22.7 Å². The molecule has 1 fully saturated rings. The van der Waals surface area contributed by atoms with Gasteiger partial charge in [-0.3, -0.25) is 24.2 Å². The summed E-state index contributed by atoms with van der Waals surface area (Å²) >= 11 is 2.72. The van der Waals surface area contributed by atoms with E-state index in [1.807, 2.05) is 27.8 Å². The Morgan fingerprint density at radius 1 is 0.902 bits per heavy atom. The van der Waals surface area contributed by atoms with Crippen LogP contribution in [0.15, 0.2) is 77.8 Å². The lowest BCUT2D eigenvalue weighted by atomic mass is 10.0. The summed E-state index contributed by atoms with van der Waals surface area (Å²) in [5, 5.41) is 18.8. The third-order valence-electron chi connectivity index (χ3n) is 6.66. The summed E-state index contributed by atoms with van der Waals surface area (Å²) in [7, 11) is 0. The number of nitrogens with one attached hydrogen (secondary N) is 2. The van der Waals surface area contributed by atoms with E-state index in [2.05, 4.69) is 20.5 Å². The molecule has 1 aliphatic rings. The first kappa shape index (κ1) is 28.0. The Kier molecular flexibility index (Phi) is 8.70. The summed E-state index contributed by atoms with van der Waals surface area (Å²) < 4.78 is 0. The first-order valence-corrected chi connectivity index (χ1v) is 14.6. The van der Waals surface area contributed by atoms with Crippen LogP contribution in [0.25, 0.3) is 0 Å². The topological polar surface area (TPSA) is 132 Å². The van der Waals surface area contributed by atoms with Crippen molar-refractivity contribution in [3.05, 3.63) is 98.6 Å². The number of carboxylic acids is 1. The molecule has 0 saturated carbocycles. The van der Waals surface area contributed by atoms with Crippen LogP contribution in [0.5, 0.6) is 0 Å². The number of hydrogen-bond donors (Lipinski definition) is 3. The zero-order chi connectivity index (χ0) is 28.8. The van der Waals surface area contributed by atoms with Crippen LogP contribution in [-0.4, -0.2) is 64.9 Å². The molecule has 41 heavy (non-hydrogen) atoms. The van der Waals surface area contributed by atoms with Gasteiger partial charge in [-0.05, 0) is 52.7 Å². The number of carbonyl (C=O) groups is 4. The van der Waals surface area contributed by atoms with Gasteiger partial charge in [-0.1, -0.05) is 18.2 Å². The Labute approximate surface area is 244 Å². The molecule has 210 valence electrons. The van der Waals surface area contributed by atoms with E-state index < -0.39 is 17.9 Å². The third-order valence-corrected chi connectivity index (χ3v) is 8.39. The Balaban J connectivity index is 1.37. The van der Waals surface area contributed by atoms with Gasteiger partial charge in [0.05, 0.1) is 33.6 Å². The van der Waals surface area contributed by atoms with Gasteiger partial charge in [0.15, 0.2) is 0 Å². The van der Waals surface area contributed by atoms with Gasteiger partial charge < -0.3 is 25.5 Å². The molecule has 0 spiro atoms. The molecular weight excluding hydrogens is 562 g/mol. The number of rotatable bonds is 9. The number of nitrogens with zero attached hydrogens (tertiary/aromatic N) is 3. The normalized spacial score (nSPS) is 13.9. The van der Waals surface area contributed by atoms with Crippen molar-refractivity contribution < 1.29 is 24.3 Å². The fourth-order valence-electron chi connectivity index (χ4n) is 4.60. The number of benzene rings is 1. The minimum Gasteiger partial charge on any atom is -0.481 e. The van der Waals surface area contributed by atoms with Crippen LogP contribution >= 0.6 is 22.7 Å². The Hall–Kier alpha value is -4.55. The molecule has 1 aromatic carbocycles. The highest BCUT2D eigenvalue weighted by Gasteiger charge is 2.26. The molecule has 4 heterocycles. The highest BCUT2D eigenvalue weighted by Crippen LogP contribution is 2.30. The molecule has 0 radical (unpaired) electrons. The Bertz CT molecular complexity index is 1520. The Morgan fingerprint density at radius 3 is 2.27 bits per heavy atom.